The van der Waals surface area contributed by atoms with Crippen LogP contribution in [-0.4, -0.2) is 39.7 Å². The predicted octanol–water partition coefficient (Wildman–Crippen LogP) is 1.68. The number of aryl methyl sites for hydroxylation is 1. The lowest BCUT2D eigenvalue weighted by molar-refractivity contribution is 0.0878. The molecule has 6 nitrogen and oxygen atoms in total. The van der Waals surface area contributed by atoms with Gasteiger partial charge in [-0.1, -0.05) is 19.4 Å². The van der Waals surface area contributed by atoms with Crippen LogP contribution in [-0.2, 0) is 13.0 Å². The molecule has 2 aromatic rings. The van der Waals surface area contributed by atoms with E-state index in [9.17, 15) is 5.11 Å². The van der Waals surface area contributed by atoms with Crippen molar-refractivity contribution in [2.24, 2.45) is 0 Å². The first kappa shape index (κ1) is 15.3. The molecule has 2 rings (SSSR count). The van der Waals surface area contributed by atoms with Crippen LogP contribution in [0.1, 0.15) is 18.9 Å². The molecule has 1 atom stereocenters. The average Bonchev–Trinajstić information content (AvgIpc) is 2.99. The van der Waals surface area contributed by atoms with Gasteiger partial charge in [-0.2, -0.15) is 5.10 Å². The fourth-order valence-corrected chi connectivity index (χ4v) is 2.06. The molecule has 21 heavy (non-hydrogen) atoms. The van der Waals surface area contributed by atoms with Crippen molar-refractivity contribution in [2.75, 3.05) is 13.7 Å². The van der Waals surface area contributed by atoms with E-state index < -0.39 is 6.10 Å². The largest absolute Gasteiger partial charge is 0.493 e. The summed E-state index contributed by atoms with van der Waals surface area (Å²) < 4.78 is 12.5. The lowest BCUT2D eigenvalue weighted by Gasteiger charge is -2.15. The predicted molar refractivity (Wildman–Crippen MR) is 78.5 cm³/mol. The summed E-state index contributed by atoms with van der Waals surface area (Å²) in [5.74, 6) is 1.32. The van der Waals surface area contributed by atoms with Crippen LogP contribution in [0.4, 0.5) is 0 Å². The molecule has 0 bridgehead atoms. The summed E-state index contributed by atoms with van der Waals surface area (Å²) in [6, 6.07) is 5.87. The zero-order valence-corrected chi connectivity index (χ0v) is 12.4. The first-order valence-electron chi connectivity index (χ1n) is 7.03. The van der Waals surface area contributed by atoms with Crippen molar-refractivity contribution in [3.8, 4) is 11.5 Å². The number of nitrogens with zero attached hydrogens (tertiary/aromatic N) is 3. The Morgan fingerprint density at radius 2 is 2.19 bits per heavy atom. The molecule has 1 unspecified atom stereocenters. The molecule has 1 aromatic heterocycles. The maximum absolute atomic E-state index is 9.93. The quantitative estimate of drug-likeness (QED) is 0.801. The van der Waals surface area contributed by atoms with Crippen LogP contribution in [0.3, 0.4) is 0 Å². The van der Waals surface area contributed by atoms with Crippen molar-refractivity contribution >= 4 is 0 Å². The van der Waals surface area contributed by atoms with Crippen molar-refractivity contribution < 1.29 is 14.6 Å². The molecule has 0 fully saturated rings. The molecule has 0 radical (unpaired) electrons. The summed E-state index contributed by atoms with van der Waals surface area (Å²) in [5.41, 5.74) is 1.21. The number of aliphatic hydroxyl groups is 1. The van der Waals surface area contributed by atoms with Crippen molar-refractivity contribution in [2.45, 2.75) is 32.4 Å². The van der Waals surface area contributed by atoms with E-state index >= 15 is 0 Å². The molecule has 0 aliphatic carbocycles. The number of hydrogen-bond acceptors (Lipinski definition) is 5. The van der Waals surface area contributed by atoms with E-state index in [1.54, 1.807) is 18.1 Å². The van der Waals surface area contributed by atoms with Crippen LogP contribution in [0.5, 0.6) is 11.5 Å². The lowest BCUT2D eigenvalue weighted by atomic mass is 10.1. The Balaban J connectivity index is 1.92. The number of aliphatic hydroxyl groups excluding tert-OH is 1. The maximum Gasteiger partial charge on any atom is 0.161 e. The molecular formula is C15H21N3O3. The van der Waals surface area contributed by atoms with Crippen LogP contribution in [0, 0.1) is 0 Å². The Kier molecular flexibility index (Phi) is 5.57. The van der Waals surface area contributed by atoms with E-state index in [2.05, 4.69) is 17.0 Å². The number of hydrogen-bond donors (Lipinski definition) is 1. The monoisotopic (exact) mass is 291 g/mol. The van der Waals surface area contributed by atoms with Crippen molar-refractivity contribution in [3.63, 3.8) is 0 Å². The van der Waals surface area contributed by atoms with Crippen LogP contribution in [0.2, 0.25) is 0 Å². The zero-order chi connectivity index (χ0) is 15.1. The Bertz CT molecular complexity index is 543. The highest BCUT2D eigenvalue weighted by molar-refractivity contribution is 5.43. The molecule has 1 heterocycles. The Hall–Kier alpha value is -2.08. The van der Waals surface area contributed by atoms with Crippen LogP contribution in [0.15, 0.2) is 30.9 Å². The number of benzene rings is 1. The van der Waals surface area contributed by atoms with E-state index in [-0.39, 0.29) is 6.61 Å². The number of rotatable bonds is 8. The SMILES string of the molecule is CCCc1ccc(OCC(O)Cn2cncn2)c(OC)c1. The minimum absolute atomic E-state index is 0.170. The van der Waals surface area contributed by atoms with Crippen LogP contribution in [0.25, 0.3) is 0 Å². The molecule has 0 saturated heterocycles. The van der Waals surface area contributed by atoms with Gasteiger partial charge in [-0.25, -0.2) is 4.98 Å². The third kappa shape index (κ3) is 4.46. The molecule has 0 aliphatic heterocycles. The number of methoxy groups -OCH3 is 1. The standard InChI is InChI=1S/C15H21N3O3/c1-3-4-12-5-6-14(15(7-12)20-2)21-9-13(19)8-18-11-16-10-17-18/h5-7,10-11,13,19H,3-4,8-9H2,1-2H3. The van der Waals surface area contributed by atoms with E-state index in [1.165, 1.54) is 11.9 Å². The van der Waals surface area contributed by atoms with Crippen molar-refractivity contribution in [1.29, 1.82) is 0 Å². The smallest absolute Gasteiger partial charge is 0.161 e. The lowest BCUT2D eigenvalue weighted by Crippen LogP contribution is -2.24. The molecule has 114 valence electrons. The number of ether oxygens (including phenoxy) is 2. The van der Waals surface area contributed by atoms with Gasteiger partial charge in [0.25, 0.3) is 0 Å². The Morgan fingerprint density at radius 3 is 2.86 bits per heavy atom. The third-order valence-electron chi connectivity index (χ3n) is 3.06. The number of aromatic nitrogens is 3. The van der Waals surface area contributed by atoms with E-state index in [0.717, 1.165) is 12.8 Å². The summed E-state index contributed by atoms with van der Waals surface area (Å²) in [6.07, 6.45) is 4.42. The van der Waals surface area contributed by atoms with Crippen LogP contribution < -0.4 is 9.47 Å². The van der Waals surface area contributed by atoms with Crippen molar-refractivity contribution in [1.82, 2.24) is 14.8 Å². The van der Waals surface area contributed by atoms with Gasteiger partial charge in [0.05, 0.1) is 13.7 Å². The Labute approximate surface area is 124 Å². The first-order valence-corrected chi connectivity index (χ1v) is 7.03. The van der Waals surface area contributed by atoms with E-state index in [1.807, 2.05) is 18.2 Å². The van der Waals surface area contributed by atoms with Gasteiger partial charge >= 0.3 is 0 Å². The highest BCUT2D eigenvalue weighted by atomic mass is 16.5. The molecule has 1 N–H and O–H groups in total. The summed E-state index contributed by atoms with van der Waals surface area (Å²) in [7, 11) is 1.61. The first-order chi connectivity index (χ1) is 10.2. The molecule has 0 amide bonds. The maximum atomic E-state index is 9.93. The molecule has 0 spiro atoms. The highest BCUT2D eigenvalue weighted by Gasteiger charge is 2.10. The summed E-state index contributed by atoms with van der Waals surface area (Å²) >= 11 is 0. The van der Waals surface area contributed by atoms with Gasteiger partial charge in [0.15, 0.2) is 11.5 Å². The van der Waals surface area contributed by atoms with Gasteiger partial charge in [-0.05, 0) is 24.1 Å². The third-order valence-corrected chi connectivity index (χ3v) is 3.06. The second kappa shape index (κ2) is 7.64. The van der Waals surface area contributed by atoms with Gasteiger partial charge < -0.3 is 14.6 Å². The van der Waals surface area contributed by atoms with Gasteiger partial charge in [0, 0.05) is 0 Å². The molecule has 1 aromatic carbocycles. The van der Waals surface area contributed by atoms with Gasteiger partial charge in [-0.3, -0.25) is 4.68 Å². The minimum atomic E-state index is -0.660. The van der Waals surface area contributed by atoms with E-state index in [4.69, 9.17) is 9.47 Å². The van der Waals surface area contributed by atoms with Crippen molar-refractivity contribution in [3.05, 3.63) is 36.4 Å². The van der Waals surface area contributed by atoms with Crippen LogP contribution >= 0.6 is 0 Å². The molecule has 0 aliphatic rings. The van der Waals surface area contributed by atoms with E-state index in [0.29, 0.717) is 18.0 Å². The highest BCUT2D eigenvalue weighted by Crippen LogP contribution is 2.28. The summed E-state index contributed by atoms with van der Waals surface area (Å²) in [5, 5.41) is 13.9. The molecule has 6 heteroatoms. The average molecular weight is 291 g/mol. The molecular weight excluding hydrogens is 270 g/mol. The van der Waals surface area contributed by atoms with Gasteiger partial charge in [-0.15, -0.1) is 0 Å². The normalized spacial score (nSPS) is 12.1. The second-order valence-electron chi connectivity index (χ2n) is 4.82. The summed E-state index contributed by atoms with van der Waals surface area (Å²) in [6.45, 7) is 2.65. The summed E-state index contributed by atoms with van der Waals surface area (Å²) in [4.78, 5) is 3.83. The Morgan fingerprint density at radius 1 is 1.33 bits per heavy atom. The zero-order valence-electron chi connectivity index (χ0n) is 12.4. The van der Waals surface area contributed by atoms with Gasteiger partial charge in [0.2, 0.25) is 0 Å². The molecule has 0 saturated carbocycles. The topological polar surface area (TPSA) is 69.4 Å². The van der Waals surface area contributed by atoms with Gasteiger partial charge in [0.1, 0.15) is 25.4 Å². The fraction of sp³-hybridized carbons (Fsp3) is 0.467. The minimum Gasteiger partial charge on any atom is -0.493 e. The fourth-order valence-electron chi connectivity index (χ4n) is 2.06. The second-order valence-corrected chi connectivity index (χ2v) is 4.82.